The zero-order valence-electron chi connectivity index (χ0n) is 11.3. The van der Waals surface area contributed by atoms with E-state index < -0.39 is 11.9 Å². The molecule has 0 bridgehead atoms. The summed E-state index contributed by atoms with van der Waals surface area (Å²) in [5, 5.41) is 4.77. The zero-order valence-corrected chi connectivity index (χ0v) is 12.1. The summed E-state index contributed by atoms with van der Waals surface area (Å²) in [5.74, 6) is -0.663. The summed E-state index contributed by atoms with van der Waals surface area (Å²) >= 11 is 1.22. The van der Waals surface area contributed by atoms with Gasteiger partial charge in [0.2, 0.25) is 5.91 Å². The lowest BCUT2D eigenvalue weighted by atomic mass is 10.4. The molecule has 7 heteroatoms. The molecule has 0 heterocycles. The van der Waals surface area contributed by atoms with Gasteiger partial charge in [-0.05, 0) is 31.2 Å². The predicted molar refractivity (Wildman–Crippen MR) is 75.1 cm³/mol. The molecule has 0 aliphatic rings. The largest absolute Gasteiger partial charge is 0.383 e. The van der Waals surface area contributed by atoms with E-state index in [1.165, 1.54) is 31.0 Å². The van der Waals surface area contributed by atoms with E-state index >= 15 is 0 Å². The van der Waals surface area contributed by atoms with Gasteiger partial charge in [0, 0.05) is 12.0 Å². The van der Waals surface area contributed by atoms with E-state index in [1.807, 2.05) is 0 Å². The lowest BCUT2D eigenvalue weighted by Gasteiger charge is -2.12. The van der Waals surface area contributed by atoms with Crippen molar-refractivity contribution in [2.24, 2.45) is 0 Å². The van der Waals surface area contributed by atoms with Crippen molar-refractivity contribution in [3.63, 3.8) is 0 Å². The maximum absolute atomic E-state index is 12.7. The third kappa shape index (κ3) is 6.53. The molecule has 0 aliphatic carbocycles. The highest BCUT2D eigenvalue weighted by atomic mass is 32.2. The van der Waals surface area contributed by atoms with E-state index in [4.69, 9.17) is 4.74 Å². The number of amides is 3. The molecular weight excluding hydrogens is 283 g/mol. The molecule has 1 aromatic carbocycles. The number of urea groups is 1. The summed E-state index contributed by atoms with van der Waals surface area (Å²) in [5.41, 5.74) is 0. The molecule has 0 spiro atoms. The molecular formula is C13H17FN2O3S. The van der Waals surface area contributed by atoms with Crippen LogP contribution in [0.4, 0.5) is 9.18 Å². The van der Waals surface area contributed by atoms with Crippen LogP contribution in [0.1, 0.15) is 6.92 Å². The molecule has 0 aliphatic heterocycles. The first-order chi connectivity index (χ1) is 9.51. The van der Waals surface area contributed by atoms with E-state index in [0.29, 0.717) is 6.61 Å². The number of carbonyl (C=O) groups is 2. The van der Waals surface area contributed by atoms with Crippen molar-refractivity contribution in [2.75, 3.05) is 19.5 Å². The van der Waals surface area contributed by atoms with E-state index in [1.54, 1.807) is 19.1 Å². The summed E-state index contributed by atoms with van der Waals surface area (Å²) in [7, 11) is 1.53. The number of benzene rings is 1. The normalized spacial score (nSPS) is 11.8. The minimum absolute atomic E-state index is 0.0811. The fourth-order valence-corrected chi connectivity index (χ4v) is 2.09. The van der Waals surface area contributed by atoms with Crippen LogP contribution in [0.25, 0.3) is 0 Å². The van der Waals surface area contributed by atoms with Crippen LogP contribution in [-0.4, -0.2) is 37.4 Å². The Labute approximate surface area is 121 Å². The number of imide groups is 1. The zero-order chi connectivity index (χ0) is 15.0. The van der Waals surface area contributed by atoms with Gasteiger partial charge in [0.1, 0.15) is 5.82 Å². The van der Waals surface area contributed by atoms with Gasteiger partial charge in [0.25, 0.3) is 0 Å². The second-order valence-corrected chi connectivity index (χ2v) is 5.17. The standard InChI is InChI=1S/C13H17FN2O3S/c1-9(7-19-2)15-13(18)16-12(17)8-20-11-5-3-10(14)4-6-11/h3-6,9H,7-8H2,1-2H3,(H2,15,16,17,18). The molecule has 0 aromatic heterocycles. The van der Waals surface area contributed by atoms with Crippen molar-refractivity contribution in [1.82, 2.24) is 10.6 Å². The molecule has 20 heavy (non-hydrogen) atoms. The number of hydrogen-bond acceptors (Lipinski definition) is 4. The second-order valence-electron chi connectivity index (χ2n) is 4.12. The number of rotatable bonds is 6. The molecule has 0 saturated heterocycles. The van der Waals surface area contributed by atoms with Crippen molar-refractivity contribution in [3.8, 4) is 0 Å². The van der Waals surface area contributed by atoms with Gasteiger partial charge in [-0.2, -0.15) is 0 Å². The summed E-state index contributed by atoms with van der Waals surface area (Å²) in [6.45, 7) is 2.13. The summed E-state index contributed by atoms with van der Waals surface area (Å²) in [6, 6.07) is 5.05. The average molecular weight is 300 g/mol. The molecule has 1 aromatic rings. The van der Waals surface area contributed by atoms with Crippen LogP contribution >= 0.6 is 11.8 Å². The fraction of sp³-hybridized carbons (Fsp3) is 0.385. The molecule has 110 valence electrons. The maximum atomic E-state index is 12.7. The highest BCUT2D eigenvalue weighted by Gasteiger charge is 2.10. The molecule has 0 radical (unpaired) electrons. The van der Waals surface area contributed by atoms with Crippen molar-refractivity contribution >= 4 is 23.7 Å². The Bertz CT molecular complexity index is 453. The number of ether oxygens (including phenoxy) is 1. The monoisotopic (exact) mass is 300 g/mol. The number of carbonyl (C=O) groups excluding carboxylic acids is 2. The van der Waals surface area contributed by atoms with Crippen molar-refractivity contribution < 1.29 is 18.7 Å². The second kappa shape index (κ2) is 8.55. The molecule has 0 saturated carbocycles. The van der Waals surface area contributed by atoms with Gasteiger partial charge in [0.05, 0.1) is 18.4 Å². The van der Waals surface area contributed by atoms with E-state index in [0.717, 1.165) is 4.90 Å². The van der Waals surface area contributed by atoms with Gasteiger partial charge < -0.3 is 10.1 Å². The number of hydrogen-bond donors (Lipinski definition) is 2. The first-order valence-electron chi connectivity index (χ1n) is 5.99. The number of halogens is 1. The van der Waals surface area contributed by atoms with Crippen LogP contribution in [-0.2, 0) is 9.53 Å². The van der Waals surface area contributed by atoms with Crippen molar-refractivity contribution in [3.05, 3.63) is 30.1 Å². The number of thioether (sulfide) groups is 1. The van der Waals surface area contributed by atoms with Crippen LogP contribution in [0, 0.1) is 5.82 Å². The lowest BCUT2D eigenvalue weighted by molar-refractivity contribution is -0.117. The Hall–Kier alpha value is -1.60. The first-order valence-corrected chi connectivity index (χ1v) is 6.97. The molecule has 2 N–H and O–H groups in total. The minimum Gasteiger partial charge on any atom is -0.383 e. The van der Waals surface area contributed by atoms with E-state index in [-0.39, 0.29) is 17.6 Å². The summed E-state index contributed by atoms with van der Waals surface area (Å²) in [4.78, 5) is 23.7. The molecule has 1 atom stereocenters. The third-order valence-electron chi connectivity index (χ3n) is 2.23. The van der Waals surface area contributed by atoms with Gasteiger partial charge in [0.15, 0.2) is 0 Å². The lowest BCUT2D eigenvalue weighted by Crippen LogP contribution is -2.45. The smallest absolute Gasteiger partial charge is 0.321 e. The van der Waals surface area contributed by atoms with Crippen LogP contribution in [0.15, 0.2) is 29.2 Å². The van der Waals surface area contributed by atoms with Crippen LogP contribution in [0.2, 0.25) is 0 Å². The predicted octanol–water partition coefficient (Wildman–Crippen LogP) is 1.78. The van der Waals surface area contributed by atoms with Gasteiger partial charge in [-0.3, -0.25) is 10.1 Å². The molecule has 0 fully saturated rings. The van der Waals surface area contributed by atoms with Gasteiger partial charge >= 0.3 is 6.03 Å². The number of nitrogens with one attached hydrogen (secondary N) is 2. The van der Waals surface area contributed by atoms with E-state index in [9.17, 15) is 14.0 Å². The minimum atomic E-state index is -0.556. The third-order valence-corrected chi connectivity index (χ3v) is 3.24. The Morgan fingerprint density at radius 2 is 2.00 bits per heavy atom. The maximum Gasteiger partial charge on any atom is 0.321 e. The Kier molecular flexibility index (Phi) is 7.03. The van der Waals surface area contributed by atoms with Gasteiger partial charge in [-0.25, -0.2) is 9.18 Å². The van der Waals surface area contributed by atoms with Crippen molar-refractivity contribution in [2.45, 2.75) is 17.9 Å². The fourth-order valence-electron chi connectivity index (χ4n) is 1.39. The molecule has 1 rings (SSSR count). The summed E-state index contributed by atoms with van der Waals surface area (Å²) < 4.78 is 17.6. The highest BCUT2D eigenvalue weighted by molar-refractivity contribution is 8.00. The van der Waals surface area contributed by atoms with Crippen LogP contribution in [0.5, 0.6) is 0 Å². The van der Waals surface area contributed by atoms with E-state index in [2.05, 4.69) is 10.6 Å². The molecule has 5 nitrogen and oxygen atoms in total. The highest BCUT2D eigenvalue weighted by Crippen LogP contribution is 2.17. The molecule has 3 amide bonds. The van der Waals surface area contributed by atoms with Crippen molar-refractivity contribution in [1.29, 1.82) is 0 Å². The summed E-state index contributed by atoms with van der Waals surface area (Å²) in [6.07, 6.45) is 0. The quantitative estimate of drug-likeness (QED) is 0.786. The Balaban J connectivity index is 2.29. The Morgan fingerprint density at radius 3 is 2.60 bits per heavy atom. The topological polar surface area (TPSA) is 67.4 Å². The average Bonchev–Trinajstić information content (AvgIpc) is 2.38. The van der Waals surface area contributed by atoms with Gasteiger partial charge in [-0.1, -0.05) is 0 Å². The van der Waals surface area contributed by atoms with Crippen LogP contribution in [0.3, 0.4) is 0 Å². The SMILES string of the molecule is COCC(C)NC(=O)NC(=O)CSc1ccc(F)cc1. The number of methoxy groups -OCH3 is 1. The molecule has 1 unspecified atom stereocenters. The Morgan fingerprint density at radius 1 is 1.35 bits per heavy atom. The first kappa shape index (κ1) is 16.5. The van der Waals surface area contributed by atoms with Crippen LogP contribution < -0.4 is 10.6 Å². The van der Waals surface area contributed by atoms with Gasteiger partial charge in [-0.15, -0.1) is 11.8 Å².